The molecule has 0 saturated carbocycles. The normalized spacial score (nSPS) is 15.6. The standard InChI is InChI=1S/C16H20N2O2S.C16H20N2OS.C16H18N2S.C4H4O4.C2H2O4.H3O4P/c1-11(2)17-7-5-12(6-8-17)16-10-13-9-14(18(19)20)3-4-15(13)21-16;1-2-18-7-5-12(6-8-18)16-10-13-9-14(17-11-19)3-4-15(13)20-16;1-2-18-7-5-13(6-8-18)16-10-14-9-12(11-17)3-4-15(14)19-16;5-3(6)1-2-4(7)8;3-1(4)2(5)6;1-5(2,3)4/h3-4,9-12H,5-8H2,1-2H3;3-4,9-12H,2,5-8H2,1H3,(H,17,19);3-4,9-10,13H,2,5-8H2,1H3;1-2H,(H,5,6)(H,7,8);(H,3,4)(H,5,6);(H3,1,2,3,4)/b;;;2-1-;;. The molecule has 3 aromatic heterocycles. The Kier molecular flexibility index (Phi) is 26.3. The van der Waals surface area contributed by atoms with Gasteiger partial charge in [0.15, 0.2) is 0 Å². The van der Waals surface area contributed by atoms with Crippen LogP contribution >= 0.6 is 41.8 Å². The minimum absolute atomic E-state index is 0.182. The number of hydrogen-bond donors (Lipinski definition) is 8. The fourth-order valence-corrected chi connectivity index (χ4v) is 12.7. The number of hydrogen-bond acceptors (Lipinski definition) is 15. The van der Waals surface area contributed by atoms with Gasteiger partial charge in [-0.3, -0.25) is 14.9 Å². The Balaban J connectivity index is 0.000000220. The molecule has 25 heteroatoms. The summed E-state index contributed by atoms with van der Waals surface area (Å²) in [4.78, 5) is 91.9. The summed E-state index contributed by atoms with van der Waals surface area (Å²) < 4.78 is 12.7. The predicted octanol–water partition coefficient (Wildman–Crippen LogP) is 9.98. The predicted molar refractivity (Wildman–Crippen MR) is 307 cm³/mol. The van der Waals surface area contributed by atoms with E-state index in [9.17, 15) is 24.5 Å². The fraction of sp³-hybridized carbons (Fsp3) is 0.407. The lowest BCUT2D eigenvalue weighted by molar-refractivity contribution is -0.384. The van der Waals surface area contributed by atoms with Crippen LogP contribution in [0, 0.1) is 21.4 Å². The molecule has 0 radical (unpaired) electrons. The summed E-state index contributed by atoms with van der Waals surface area (Å²) in [5.74, 6) is -4.13. The Hall–Kier alpha value is -6.49. The SMILES string of the molecule is CC(C)N1CCC(c2cc3cc([N+](=O)[O-])ccc3s2)CC1.CCN1CCC(c2cc3cc(C#N)ccc3s2)CC1.CCN1CCC(c2cc3cc(NC=O)ccc3s2)CC1.O=C(O)/C=C\C(=O)O.O=C(O)C(=O)O.O=P(O)(O)O. The van der Waals surface area contributed by atoms with Crippen molar-refractivity contribution in [2.45, 2.75) is 90.0 Å². The summed E-state index contributed by atoms with van der Waals surface area (Å²) in [5.41, 5.74) is 1.82. The summed E-state index contributed by atoms with van der Waals surface area (Å²) in [6.45, 7) is 18.5. The highest BCUT2D eigenvalue weighted by atomic mass is 32.1. The van der Waals surface area contributed by atoms with Gasteiger partial charge in [-0.25, -0.2) is 23.7 Å². The van der Waals surface area contributed by atoms with E-state index in [-0.39, 0.29) is 10.6 Å². The van der Waals surface area contributed by atoms with E-state index in [4.69, 9.17) is 54.5 Å². The van der Waals surface area contributed by atoms with Gasteiger partial charge in [-0.1, -0.05) is 13.8 Å². The molecule has 0 aliphatic carbocycles. The van der Waals surface area contributed by atoms with Crippen LogP contribution in [0.25, 0.3) is 30.3 Å². The Morgan fingerprint density at radius 2 is 1.05 bits per heavy atom. The number of nitro benzene ring substituents is 1. The second-order valence-corrected chi connectivity index (χ2v) is 23.1. The van der Waals surface area contributed by atoms with E-state index in [1.54, 1.807) is 23.5 Å². The molecule has 1 amide bonds. The van der Waals surface area contributed by atoms with Gasteiger partial charge in [0, 0.05) is 64.7 Å². The van der Waals surface area contributed by atoms with Gasteiger partial charge in [-0.15, -0.1) is 34.0 Å². The lowest BCUT2D eigenvalue weighted by Gasteiger charge is -2.34. The van der Waals surface area contributed by atoms with Crippen LogP contribution in [-0.4, -0.2) is 143 Å². The van der Waals surface area contributed by atoms with Gasteiger partial charge in [0.2, 0.25) is 6.41 Å². The number of aliphatic carboxylic acids is 4. The summed E-state index contributed by atoms with van der Waals surface area (Å²) in [5, 5.41) is 56.4. The third-order valence-corrected chi connectivity index (χ3v) is 17.1. The number of nitrogens with one attached hydrogen (secondary N) is 1. The molecule has 3 saturated heterocycles. The van der Waals surface area contributed by atoms with Crippen molar-refractivity contribution in [2.75, 3.05) is 57.7 Å². The van der Waals surface area contributed by atoms with Crippen molar-refractivity contribution in [2.24, 2.45) is 0 Å². The molecule has 0 unspecified atom stereocenters. The van der Waals surface area contributed by atoms with Gasteiger partial charge in [0.05, 0.1) is 16.6 Å². The summed E-state index contributed by atoms with van der Waals surface area (Å²) >= 11 is 5.60. The molecule has 426 valence electrons. The first-order valence-electron chi connectivity index (χ1n) is 25.3. The molecule has 6 aromatic rings. The number of non-ortho nitro benzene ring substituents is 1. The molecule has 8 N–H and O–H groups in total. The molecule has 0 spiro atoms. The zero-order chi connectivity index (χ0) is 58.4. The van der Waals surface area contributed by atoms with Gasteiger partial charge in [-0.2, -0.15) is 5.26 Å². The fourth-order valence-electron chi connectivity index (χ4n) is 9.03. The summed E-state index contributed by atoms with van der Waals surface area (Å²) in [6, 6.07) is 26.9. The van der Waals surface area contributed by atoms with Crippen LogP contribution in [0.5, 0.6) is 0 Å². The first kappa shape index (κ1) is 65.0. The van der Waals surface area contributed by atoms with Crippen LogP contribution in [0.3, 0.4) is 0 Å². The van der Waals surface area contributed by atoms with Crippen LogP contribution in [0.1, 0.15) is 104 Å². The molecular weight excluding hydrogens is 1100 g/mol. The summed E-state index contributed by atoms with van der Waals surface area (Å²) in [7, 11) is -4.64. The molecule has 0 bridgehead atoms. The number of anilines is 1. The number of amides is 1. The molecule has 0 atom stereocenters. The van der Waals surface area contributed by atoms with E-state index >= 15 is 0 Å². The Morgan fingerprint density at radius 3 is 1.41 bits per heavy atom. The average Bonchev–Trinajstić information content (AvgIpc) is 4.19. The largest absolute Gasteiger partial charge is 0.478 e. The minimum atomic E-state index is -4.64. The highest BCUT2D eigenvalue weighted by Crippen LogP contribution is 2.40. The van der Waals surface area contributed by atoms with Gasteiger partial charge in [-0.05, 0) is 199 Å². The second kappa shape index (κ2) is 31.9. The minimum Gasteiger partial charge on any atom is -0.478 e. The van der Waals surface area contributed by atoms with Gasteiger partial charge < -0.3 is 55.1 Å². The monoisotopic (exact) mass is 1170 g/mol. The van der Waals surface area contributed by atoms with Crippen molar-refractivity contribution in [3.8, 4) is 6.07 Å². The van der Waals surface area contributed by atoms with E-state index in [2.05, 4.69) is 90.2 Å². The maximum Gasteiger partial charge on any atom is 0.466 e. The average molecular weight is 1170 g/mol. The van der Waals surface area contributed by atoms with Gasteiger partial charge in [0.25, 0.3) is 5.69 Å². The molecule has 3 aromatic carbocycles. The first-order chi connectivity index (χ1) is 37.4. The van der Waals surface area contributed by atoms with E-state index < -0.39 is 31.7 Å². The van der Waals surface area contributed by atoms with Crippen molar-refractivity contribution < 1.29 is 68.6 Å². The molecular formula is C54H67N6O15PS3. The third-order valence-electron chi connectivity index (χ3n) is 13.2. The number of rotatable bonds is 11. The number of carbonyl (C=O) groups excluding carboxylic acids is 1. The molecule has 79 heavy (non-hydrogen) atoms. The lowest BCUT2D eigenvalue weighted by atomic mass is 9.94. The van der Waals surface area contributed by atoms with Crippen molar-refractivity contribution in [1.82, 2.24) is 14.7 Å². The van der Waals surface area contributed by atoms with Crippen LogP contribution in [0.4, 0.5) is 11.4 Å². The smallest absolute Gasteiger partial charge is 0.466 e. The van der Waals surface area contributed by atoms with E-state index in [0.717, 1.165) is 40.8 Å². The number of carbonyl (C=O) groups is 5. The topological polar surface area (TPSA) is 333 Å². The van der Waals surface area contributed by atoms with Crippen molar-refractivity contribution in [3.63, 3.8) is 0 Å². The third kappa shape index (κ3) is 22.3. The van der Waals surface area contributed by atoms with Gasteiger partial charge >= 0.3 is 31.7 Å². The number of benzene rings is 3. The van der Waals surface area contributed by atoms with Crippen molar-refractivity contribution in [1.29, 1.82) is 5.26 Å². The first-order valence-corrected chi connectivity index (χ1v) is 29.3. The zero-order valence-electron chi connectivity index (χ0n) is 44.2. The number of nitriles is 1. The highest BCUT2D eigenvalue weighted by molar-refractivity contribution is 7.45. The number of nitrogens with zero attached hydrogens (tertiary/aromatic N) is 5. The Labute approximate surface area is 469 Å². The van der Waals surface area contributed by atoms with E-state index in [1.165, 1.54) is 113 Å². The quantitative estimate of drug-likeness (QED) is 0.0149. The van der Waals surface area contributed by atoms with Gasteiger partial charge in [0.1, 0.15) is 0 Å². The number of nitro groups is 1. The zero-order valence-corrected chi connectivity index (χ0v) is 47.5. The highest BCUT2D eigenvalue weighted by Gasteiger charge is 2.25. The number of fused-ring (bicyclic) bond motifs is 3. The number of carboxylic acids is 4. The summed E-state index contributed by atoms with van der Waals surface area (Å²) in [6.07, 6.45) is 9.29. The van der Waals surface area contributed by atoms with Crippen LogP contribution in [-0.2, 0) is 28.5 Å². The second-order valence-electron chi connectivity index (χ2n) is 18.8. The molecule has 21 nitrogen and oxygen atoms in total. The number of carboxylic acid groups (broad SMARTS) is 4. The number of phosphoric acid groups is 1. The molecule has 3 aliphatic rings. The van der Waals surface area contributed by atoms with Crippen molar-refractivity contribution in [3.05, 3.63) is 115 Å². The molecule has 3 aliphatic heterocycles. The lowest BCUT2D eigenvalue weighted by Crippen LogP contribution is -2.37. The number of likely N-dealkylation sites (tertiary alicyclic amines) is 3. The molecule has 9 rings (SSSR count). The van der Waals surface area contributed by atoms with Crippen LogP contribution < -0.4 is 5.32 Å². The van der Waals surface area contributed by atoms with Crippen LogP contribution in [0.2, 0.25) is 0 Å². The van der Waals surface area contributed by atoms with Crippen LogP contribution in [0.15, 0.2) is 84.9 Å². The Bertz CT molecular complexity index is 3090. The maximum absolute atomic E-state index is 10.9. The number of piperidine rings is 3. The molecule has 6 heterocycles. The maximum atomic E-state index is 10.9. The van der Waals surface area contributed by atoms with E-state index in [1.807, 2.05) is 46.9 Å². The van der Waals surface area contributed by atoms with E-state index in [0.29, 0.717) is 35.9 Å². The Morgan fingerprint density at radius 1 is 0.671 bits per heavy atom. The number of thiophene rings is 3. The molecule has 3 fully saturated rings. The van der Waals surface area contributed by atoms with Crippen molar-refractivity contribution >= 4 is 114 Å².